The number of allylic oxidation sites excluding steroid dienone is 4. The van der Waals surface area contributed by atoms with E-state index in [1.54, 1.807) is 54.5 Å². The zero-order chi connectivity index (χ0) is 46.1. The second-order valence-electron chi connectivity index (χ2n) is 25.3. The molecule has 0 radical (unpaired) electrons. The van der Waals surface area contributed by atoms with Crippen LogP contribution in [0.4, 0.5) is 0 Å². The van der Waals surface area contributed by atoms with Crippen molar-refractivity contribution in [3.63, 3.8) is 0 Å². The van der Waals surface area contributed by atoms with E-state index in [-0.39, 0.29) is 40.6 Å². The van der Waals surface area contributed by atoms with Gasteiger partial charge in [-0.15, -0.1) is 0 Å². The SMILES string of the molecule is CC1=C(C)[C]([Ti+3])([Si](c2c([Si](C)(C)C)cc(C)c(C)c2[Si](C)(C)C)(c2c([Si](C)(C)C)cc(C)c(C)c2[Si](C)(C)C)c2c([Si](C)(C)C)cc(C)c(C)c2[Si](C)(C)C)C(C)=C1C.[Cl-].[Cl-].[Cl-]. The largest absolute Gasteiger partial charge is 1.00 e. The number of hydrogen-bond donors (Lipinski definition) is 0. The summed E-state index contributed by atoms with van der Waals surface area (Å²) in [6.45, 7) is 74.0. The monoisotopic (exact) mass is 1050 g/mol. The van der Waals surface area contributed by atoms with Gasteiger partial charge in [-0.3, -0.25) is 0 Å². The van der Waals surface area contributed by atoms with Crippen LogP contribution < -0.4 is 83.9 Å². The first kappa shape index (κ1) is 60.3. The van der Waals surface area contributed by atoms with Crippen molar-refractivity contribution in [3.05, 3.63) is 73.9 Å². The third kappa shape index (κ3) is 9.75. The maximum Gasteiger partial charge on any atom is -1.00 e. The van der Waals surface area contributed by atoms with E-state index in [0.717, 1.165) is 0 Å². The molecule has 0 bridgehead atoms. The molecular formula is C51H87Cl3Si7Ti. The van der Waals surface area contributed by atoms with Crippen molar-refractivity contribution >= 4 is 103 Å². The maximum atomic E-state index is 2.86. The molecule has 0 fully saturated rings. The quantitative estimate of drug-likeness (QED) is 0.212. The molecule has 1 aliphatic rings. The van der Waals surface area contributed by atoms with Crippen LogP contribution in [0.15, 0.2) is 40.5 Å². The molecule has 3 aromatic carbocycles. The smallest absolute Gasteiger partial charge is 1.00 e. The summed E-state index contributed by atoms with van der Waals surface area (Å²) in [6.07, 6.45) is 0. The third-order valence-corrected chi connectivity index (χ3v) is 37.2. The van der Waals surface area contributed by atoms with E-state index in [4.69, 9.17) is 0 Å². The molecule has 0 atom stereocenters. The molecule has 0 saturated heterocycles. The van der Waals surface area contributed by atoms with Crippen molar-refractivity contribution in [3.8, 4) is 0 Å². The molecule has 0 heterocycles. The summed E-state index contributed by atoms with van der Waals surface area (Å²) in [7, 11) is -15.5. The number of benzene rings is 3. The fourth-order valence-corrected chi connectivity index (χ4v) is 41.9. The van der Waals surface area contributed by atoms with Gasteiger partial charge in [-0.2, -0.15) is 0 Å². The molecule has 4 rings (SSSR count). The molecule has 0 saturated carbocycles. The molecular weight excluding hydrogens is 963 g/mol. The van der Waals surface area contributed by atoms with Crippen LogP contribution in [0.5, 0.6) is 0 Å². The maximum absolute atomic E-state index is 3.32. The molecule has 344 valence electrons. The Kier molecular flexibility index (Phi) is 18.4. The standard InChI is InChI=1S/C51H87Si7.3ClH.Ti/c1-32-29-42(52(11,12)13)49(46(35(32)4)55(20,21)22)58(45-40(9)38(7)39(8)41(45)10,50-43(53(14,15)16)30-33(2)36(5)47(50)56(23,24)25)51-44(54(17,18)19)31-34(3)37(6)48(51)57(26,27)28;;;;/h29-31H,1-28H3;3*1H;/q;;;;+3/p-3. The van der Waals surface area contributed by atoms with Crippen molar-refractivity contribution in [1.29, 1.82) is 0 Å². The van der Waals surface area contributed by atoms with E-state index in [9.17, 15) is 0 Å². The molecule has 0 aliphatic heterocycles. The molecule has 62 heavy (non-hydrogen) atoms. The van der Waals surface area contributed by atoms with Crippen LogP contribution in [-0.4, -0.2) is 56.5 Å². The first-order chi connectivity index (χ1) is 26.1. The van der Waals surface area contributed by atoms with Crippen LogP contribution in [0.25, 0.3) is 0 Å². The molecule has 0 spiro atoms. The number of rotatable bonds is 10. The fourth-order valence-electron chi connectivity index (χ4n) is 11.4. The number of hydrogen-bond acceptors (Lipinski definition) is 0. The van der Waals surface area contributed by atoms with Gasteiger partial charge >= 0.3 is 388 Å². The molecule has 0 nitrogen and oxygen atoms in total. The van der Waals surface area contributed by atoms with Gasteiger partial charge in [0, 0.05) is 0 Å². The first-order valence-corrected chi connectivity index (χ1v) is 46.5. The zero-order valence-corrected chi connectivity index (χ0v) is 55.7. The van der Waals surface area contributed by atoms with E-state index in [2.05, 4.69) is 226 Å². The Balaban J connectivity index is 0.00000641. The number of aryl methyl sites for hydroxylation is 3. The Morgan fingerprint density at radius 3 is 0.677 bits per heavy atom. The van der Waals surface area contributed by atoms with E-state index < -0.39 is 56.5 Å². The van der Waals surface area contributed by atoms with Gasteiger partial charge in [-0.25, -0.2) is 0 Å². The van der Waals surface area contributed by atoms with Crippen molar-refractivity contribution < 1.29 is 57.7 Å². The van der Waals surface area contributed by atoms with Gasteiger partial charge in [-0.05, 0) is 0 Å². The van der Waals surface area contributed by atoms with Gasteiger partial charge in [0.15, 0.2) is 0 Å². The van der Waals surface area contributed by atoms with Gasteiger partial charge in [0.05, 0.1) is 0 Å². The summed E-state index contributed by atoms with van der Waals surface area (Å²) in [5, 5.41) is 16.4. The Morgan fingerprint density at radius 1 is 0.323 bits per heavy atom. The second kappa shape index (κ2) is 19.0. The first-order valence-electron chi connectivity index (χ1n) is 22.7. The van der Waals surface area contributed by atoms with Crippen molar-refractivity contribution in [2.24, 2.45) is 0 Å². The third-order valence-electron chi connectivity index (χ3n) is 14.7. The Labute approximate surface area is 421 Å². The molecule has 11 heteroatoms. The second-order valence-corrected chi connectivity index (χ2v) is 61.2. The summed E-state index contributed by atoms with van der Waals surface area (Å²) in [6, 6.07) is 8.39. The minimum Gasteiger partial charge on any atom is -1.00 e. The van der Waals surface area contributed by atoms with Crippen LogP contribution in [0.2, 0.25) is 121 Å². The minimum atomic E-state index is -3.32. The summed E-state index contributed by atoms with van der Waals surface area (Å²) >= 11 is 2.86. The van der Waals surface area contributed by atoms with Gasteiger partial charge < -0.3 is 37.2 Å². The summed E-state index contributed by atoms with van der Waals surface area (Å²) in [4.78, 5) is 0. The molecule has 3 aromatic rings. The van der Waals surface area contributed by atoms with Gasteiger partial charge in [0.25, 0.3) is 0 Å². The number of halogens is 3. The Morgan fingerprint density at radius 2 is 0.516 bits per heavy atom. The van der Waals surface area contributed by atoms with Crippen LogP contribution >= 0.6 is 0 Å². The summed E-state index contributed by atoms with van der Waals surface area (Å²) < 4.78 is -0.180. The molecule has 0 N–H and O–H groups in total. The Bertz CT molecular complexity index is 2060. The van der Waals surface area contributed by atoms with Crippen LogP contribution in [-0.2, 0) is 20.4 Å². The fraction of sp³-hybridized carbons (Fsp3) is 0.569. The van der Waals surface area contributed by atoms with Crippen LogP contribution in [0.1, 0.15) is 61.1 Å². The van der Waals surface area contributed by atoms with Crippen molar-refractivity contribution in [2.75, 3.05) is 0 Å². The van der Waals surface area contributed by atoms with E-state index in [1.165, 1.54) is 16.7 Å². The van der Waals surface area contributed by atoms with Gasteiger partial charge in [0.1, 0.15) is 0 Å². The van der Waals surface area contributed by atoms with E-state index in [0.29, 0.717) is 0 Å². The topological polar surface area (TPSA) is 0 Å². The van der Waals surface area contributed by atoms with Crippen LogP contribution in [0.3, 0.4) is 0 Å². The van der Waals surface area contributed by atoms with Gasteiger partial charge in [-0.1, -0.05) is 0 Å². The van der Waals surface area contributed by atoms with E-state index >= 15 is 0 Å². The predicted molar refractivity (Wildman–Crippen MR) is 290 cm³/mol. The Hall–Kier alpha value is 0.242. The van der Waals surface area contributed by atoms with E-state index in [1.807, 2.05) is 31.1 Å². The van der Waals surface area contributed by atoms with Crippen molar-refractivity contribution in [1.82, 2.24) is 0 Å². The normalized spacial score (nSPS) is 15.5. The average Bonchev–Trinajstić information content (AvgIpc) is 3.17. The zero-order valence-electron chi connectivity index (χ0n) is 44.9. The molecule has 0 unspecified atom stereocenters. The summed E-state index contributed by atoms with van der Waals surface area (Å²) in [5.41, 5.74) is 15.7. The van der Waals surface area contributed by atoms with Crippen molar-refractivity contribution in [2.45, 2.75) is 190 Å². The molecule has 0 amide bonds. The summed E-state index contributed by atoms with van der Waals surface area (Å²) in [5.74, 6) is 0. The molecule has 1 aliphatic carbocycles. The average molecular weight is 1050 g/mol. The van der Waals surface area contributed by atoms with Gasteiger partial charge in [0.2, 0.25) is 0 Å². The van der Waals surface area contributed by atoms with Crippen LogP contribution in [0, 0.1) is 41.5 Å². The predicted octanol–water partition coefficient (Wildman–Crippen LogP) is 1.22. The molecule has 0 aromatic heterocycles. The minimum absolute atomic E-state index is 0.